The minimum atomic E-state index is 0.00833. The Balaban J connectivity index is 1.47. The molecular formula is C23H29N5O. The lowest BCUT2D eigenvalue weighted by molar-refractivity contribution is 0.0827. The summed E-state index contributed by atoms with van der Waals surface area (Å²) in [5.74, 6) is 0.750. The Morgan fingerprint density at radius 3 is 1.93 bits per heavy atom. The minimum absolute atomic E-state index is 0.00833. The van der Waals surface area contributed by atoms with Crippen LogP contribution in [0.4, 0.5) is 5.69 Å². The number of rotatable bonds is 6. The van der Waals surface area contributed by atoms with Crippen LogP contribution >= 0.6 is 0 Å². The van der Waals surface area contributed by atoms with Crippen molar-refractivity contribution in [1.82, 2.24) is 15.5 Å². The Hall–Kier alpha value is -3.28. The predicted molar refractivity (Wildman–Crippen MR) is 119 cm³/mol. The number of anilines is 1. The van der Waals surface area contributed by atoms with E-state index in [-0.39, 0.29) is 5.91 Å². The molecule has 0 fully saturated rings. The normalized spacial score (nSPS) is 13.5. The molecule has 0 bridgehead atoms. The highest BCUT2D eigenvalue weighted by Crippen LogP contribution is 2.17. The Kier molecular flexibility index (Phi) is 6.89. The first-order valence-electron chi connectivity index (χ1n) is 9.81. The van der Waals surface area contributed by atoms with E-state index in [1.165, 1.54) is 11.3 Å². The van der Waals surface area contributed by atoms with Gasteiger partial charge in [-0.1, -0.05) is 36.4 Å². The van der Waals surface area contributed by atoms with Crippen LogP contribution in [0.1, 0.15) is 21.5 Å². The summed E-state index contributed by atoms with van der Waals surface area (Å²) in [6, 6.07) is 16.3. The van der Waals surface area contributed by atoms with Crippen LogP contribution in [0.2, 0.25) is 0 Å². The van der Waals surface area contributed by atoms with Crippen LogP contribution in [0.25, 0.3) is 0 Å². The maximum absolute atomic E-state index is 12.0. The largest absolute Gasteiger partial charge is 0.364 e. The average Bonchev–Trinajstić information content (AvgIpc) is 3.29. The van der Waals surface area contributed by atoms with Gasteiger partial charge in [0.25, 0.3) is 5.91 Å². The van der Waals surface area contributed by atoms with Crippen molar-refractivity contribution in [3.63, 3.8) is 0 Å². The zero-order chi connectivity index (χ0) is 20.6. The number of amides is 1. The van der Waals surface area contributed by atoms with Crippen molar-refractivity contribution in [2.75, 3.05) is 39.1 Å². The van der Waals surface area contributed by atoms with Gasteiger partial charge in [-0.2, -0.15) is 0 Å². The van der Waals surface area contributed by atoms with E-state index in [0.717, 1.165) is 24.6 Å². The monoisotopic (exact) mass is 391 g/mol. The maximum atomic E-state index is 12.0. The quantitative estimate of drug-likeness (QED) is 0.452. The standard InChI is InChI=1S/C23H29N5O/c1-24-23(25-16-18-6-10-20(11-7-18)22(29)27(2)3)26-17-19-8-12-21(13-9-19)28-14-4-5-15-28/h4-13H,14-17H2,1-3H3,(H2,24,25,26). The highest BCUT2D eigenvalue weighted by molar-refractivity contribution is 5.93. The fourth-order valence-electron chi connectivity index (χ4n) is 3.13. The molecule has 2 N–H and O–H groups in total. The van der Waals surface area contributed by atoms with Crippen LogP contribution in [0.15, 0.2) is 65.7 Å². The second kappa shape index (κ2) is 9.78. The van der Waals surface area contributed by atoms with Gasteiger partial charge in [-0.05, 0) is 35.4 Å². The van der Waals surface area contributed by atoms with E-state index in [9.17, 15) is 4.79 Å². The average molecular weight is 392 g/mol. The molecule has 29 heavy (non-hydrogen) atoms. The van der Waals surface area contributed by atoms with E-state index >= 15 is 0 Å². The van der Waals surface area contributed by atoms with Gasteiger partial charge in [-0.3, -0.25) is 9.79 Å². The van der Waals surface area contributed by atoms with E-state index in [4.69, 9.17) is 0 Å². The summed E-state index contributed by atoms with van der Waals surface area (Å²) in [5, 5.41) is 6.65. The zero-order valence-corrected chi connectivity index (χ0v) is 17.4. The number of hydrogen-bond acceptors (Lipinski definition) is 3. The Morgan fingerprint density at radius 1 is 0.931 bits per heavy atom. The molecule has 1 aliphatic heterocycles. The first-order chi connectivity index (χ1) is 14.1. The van der Waals surface area contributed by atoms with E-state index in [0.29, 0.717) is 18.7 Å². The number of nitrogens with one attached hydrogen (secondary N) is 2. The fourth-order valence-corrected chi connectivity index (χ4v) is 3.13. The first-order valence-corrected chi connectivity index (χ1v) is 9.81. The number of benzene rings is 2. The molecule has 0 radical (unpaired) electrons. The molecule has 0 spiro atoms. The smallest absolute Gasteiger partial charge is 0.253 e. The van der Waals surface area contributed by atoms with Gasteiger partial charge < -0.3 is 20.4 Å². The Morgan fingerprint density at radius 2 is 1.45 bits per heavy atom. The summed E-state index contributed by atoms with van der Waals surface area (Å²) >= 11 is 0. The van der Waals surface area contributed by atoms with Gasteiger partial charge in [0.15, 0.2) is 5.96 Å². The summed E-state index contributed by atoms with van der Waals surface area (Å²) in [6.07, 6.45) is 4.39. The number of guanidine groups is 1. The predicted octanol–water partition coefficient (Wildman–Crippen LogP) is 2.63. The van der Waals surface area contributed by atoms with Crippen molar-refractivity contribution in [2.24, 2.45) is 4.99 Å². The van der Waals surface area contributed by atoms with Gasteiger partial charge in [-0.25, -0.2) is 0 Å². The second-order valence-corrected chi connectivity index (χ2v) is 7.22. The fraction of sp³-hybridized carbons (Fsp3) is 0.304. The first kappa shape index (κ1) is 20.5. The van der Waals surface area contributed by atoms with Crippen LogP contribution in [-0.4, -0.2) is 51.0 Å². The van der Waals surface area contributed by atoms with Gasteiger partial charge in [0.05, 0.1) is 0 Å². The van der Waals surface area contributed by atoms with E-state index in [1.807, 2.05) is 24.3 Å². The maximum Gasteiger partial charge on any atom is 0.253 e. The van der Waals surface area contributed by atoms with Crippen molar-refractivity contribution in [3.8, 4) is 0 Å². The van der Waals surface area contributed by atoms with Gasteiger partial charge in [-0.15, -0.1) is 0 Å². The van der Waals surface area contributed by atoms with Crippen LogP contribution in [-0.2, 0) is 13.1 Å². The highest BCUT2D eigenvalue weighted by atomic mass is 16.2. The molecule has 6 nitrogen and oxygen atoms in total. The lowest BCUT2D eigenvalue weighted by Gasteiger charge is -2.18. The molecule has 0 saturated heterocycles. The summed E-state index contributed by atoms with van der Waals surface area (Å²) in [7, 11) is 5.27. The van der Waals surface area contributed by atoms with Crippen LogP contribution in [0, 0.1) is 0 Å². The third kappa shape index (κ3) is 5.60. The van der Waals surface area contributed by atoms with E-state index in [1.54, 1.807) is 26.0 Å². The van der Waals surface area contributed by atoms with Crippen molar-refractivity contribution in [1.29, 1.82) is 0 Å². The molecule has 0 aromatic heterocycles. The van der Waals surface area contributed by atoms with Crippen molar-refractivity contribution in [2.45, 2.75) is 13.1 Å². The molecule has 1 amide bonds. The molecule has 1 heterocycles. The highest BCUT2D eigenvalue weighted by Gasteiger charge is 2.08. The third-order valence-corrected chi connectivity index (χ3v) is 4.87. The number of aliphatic imine (C=N–C) groups is 1. The van der Waals surface area contributed by atoms with E-state index in [2.05, 4.69) is 56.9 Å². The third-order valence-electron chi connectivity index (χ3n) is 4.87. The lowest BCUT2D eigenvalue weighted by Crippen LogP contribution is -2.36. The summed E-state index contributed by atoms with van der Waals surface area (Å²) in [4.78, 5) is 20.1. The summed E-state index contributed by atoms with van der Waals surface area (Å²) < 4.78 is 0. The molecule has 0 saturated carbocycles. The van der Waals surface area contributed by atoms with Crippen molar-refractivity contribution in [3.05, 3.63) is 77.4 Å². The summed E-state index contributed by atoms with van der Waals surface area (Å²) in [6.45, 7) is 3.31. The summed E-state index contributed by atoms with van der Waals surface area (Å²) in [5.41, 5.74) is 4.23. The van der Waals surface area contributed by atoms with Gasteiger partial charge >= 0.3 is 0 Å². The van der Waals surface area contributed by atoms with Gasteiger partial charge in [0.2, 0.25) is 0 Å². The number of nitrogens with zero attached hydrogens (tertiary/aromatic N) is 3. The number of hydrogen-bond donors (Lipinski definition) is 2. The van der Waals surface area contributed by atoms with Gasteiger partial charge in [0.1, 0.15) is 0 Å². The van der Waals surface area contributed by atoms with Crippen LogP contribution in [0.3, 0.4) is 0 Å². The molecule has 2 aromatic carbocycles. The molecule has 1 aliphatic rings. The second-order valence-electron chi connectivity index (χ2n) is 7.22. The van der Waals surface area contributed by atoms with Gasteiger partial charge in [0, 0.05) is 58.6 Å². The number of carbonyl (C=O) groups is 1. The zero-order valence-electron chi connectivity index (χ0n) is 17.4. The number of carbonyl (C=O) groups excluding carboxylic acids is 1. The topological polar surface area (TPSA) is 60.0 Å². The van der Waals surface area contributed by atoms with Crippen molar-refractivity contribution >= 4 is 17.6 Å². The SMILES string of the molecule is CN=C(NCc1ccc(C(=O)N(C)C)cc1)NCc1ccc(N2CC=CC2)cc1. The lowest BCUT2D eigenvalue weighted by atomic mass is 10.1. The van der Waals surface area contributed by atoms with E-state index < -0.39 is 0 Å². The molecular weight excluding hydrogens is 362 g/mol. The van der Waals surface area contributed by atoms with Crippen LogP contribution < -0.4 is 15.5 Å². The molecule has 6 heteroatoms. The van der Waals surface area contributed by atoms with Crippen molar-refractivity contribution < 1.29 is 4.79 Å². The molecule has 2 aromatic rings. The molecule has 0 atom stereocenters. The molecule has 152 valence electrons. The van der Waals surface area contributed by atoms with Crippen LogP contribution in [0.5, 0.6) is 0 Å². The Labute approximate surface area is 172 Å². The molecule has 3 rings (SSSR count). The minimum Gasteiger partial charge on any atom is -0.364 e. The Bertz CT molecular complexity index is 861. The molecule has 0 unspecified atom stereocenters. The molecule has 0 aliphatic carbocycles.